The van der Waals surface area contributed by atoms with Crippen molar-refractivity contribution < 1.29 is 9.18 Å². The number of carbonyl (C=O) groups is 1. The van der Waals surface area contributed by atoms with Crippen molar-refractivity contribution in [3.05, 3.63) is 69.6 Å². The third kappa shape index (κ3) is 4.85. The van der Waals surface area contributed by atoms with Crippen LogP contribution in [-0.2, 0) is 4.79 Å². The van der Waals surface area contributed by atoms with E-state index < -0.39 is 0 Å². The van der Waals surface area contributed by atoms with Gasteiger partial charge in [0.15, 0.2) is 0 Å². The fraction of sp³-hybridized carbons (Fsp3) is 0.519. The number of allylic oxidation sites excluding steroid dienone is 9. The fourth-order valence-corrected chi connectivity index (χ4v) is 5.08. The molecule has 31 heavy (non-hydrogen) atoms. The molecule has 0 spiro atoms. The number of carbonyl (C=O) groups excluding carboxylic acids is 1. The van der Waals surface area contributed by atoms with Gasteiger partial charge in [0.2, 0.25) is 0 Å². The highest BCUT2D eigenvalue weighted by Gasteiger charge is 2.33. The molecule has 3 rings (SSSR count). The lowest BCUT2D eigenvalue weighted by Crippen LogP contribution is -2.35. The molecule has 3 aliphatic rings. The van der Waals surface area contributed by atoms with Gasteiger partial charge in [-0.15, -0.1) is 0 Å². The molecule has 0 radical (unpaired) electrons. The number of rotatable bonds is 7. The van der Waals surface area contributed by atoms with E-state index in [1.807, 2.05) is 13.0 Å². The number of amides is 1. The van der Waals surface area contributed by atoms with Crippen molar-refractivity contribution >= 4 is 5.91 Å². The first-order chi connectivity index (χ1) is 14.8. The molecule has 1 fully saturated rings. The Kier molecular flexibility index (Phi) is 7.53. The lowest BCUT2D eigenvalue weighted by molar-refractivity contribution is -0.117. The summed E-state index contributed by atoms with van der Waals surface area (Å²) in [6.45, 7) is 18.3. The average molecular weight is 425 g/mol. The molecule has 0 bridgehead atoms. The van der Waals surface area contributed by atoms with Crippen LogP contribution in [0.4, 0.5) is 4.39 Å². The zero-order valence-corrected chi connectivity index (χ0v) is 19.8. The molecule has 1 saturated carbocycles. The van der Waals surface area contributed by atoms with Gasteiger partial charge in [-0.25, -0.2) is 4.39 Å². The highest BCUT2D eigenvalue weighted by atomic mass is 19.1. The van der Waals surface area contributed by atoms with Crippen molar-refractivity contribution in [1.82, 2.24) is 10.2 Å². The average Bonchev–Trinajstić information content (AvgIpc) is 2.96. The van der Waals surface area contributed by atoms with Crippen LogP contribution < -0.4 is 5.32 Å². The van der Waals surface area contributed by atoms with E-state index in [2.05, 4.69) is 50.6 Å². The second-order valence-corrected chi connectivity index (χ2v) is 8.96. The first-order valence-electron chi connectivity index (χ1n) is 11.7. The maximum atomic E-state index is 14.1. The van der Waals surface area contributed by atoms with Gasteiger partial charge in [0.05, 0.1) is 0 Å². The lowest BCUT2D eigenvalue weighted by atomic mass is 9.73. The van der Waals surface area contributed by atoms with Gasteiger partial charge in [-0.1, -0.05) is 56.2 Å². The van der Waals surface area contributed by atoms with Gasteiger partial charge in [-0.2, -0.15) is 0 Å². The Hall–Kier alpha value is -2.20. The summed E-state index contributed by atoms with van der Waals surface area (Å²) in [6.07, 6.45) is 8.04. The maximum absolute atomic E-state index is 14.1. The van der Waals surface area contributed by atoms with Gasteiger partial charge in [-0.05, 0) is 62.6 Å². The zero-order valence-electron chi connectivity index (χ0n) is 19.8. The van der Waals surface area contributed by atoms with Crippen molar-refractivity contribution in [2.75, 3.05) is 26.2 Å². The van der Waals surface area contributed by atoms with Crippen LogP contribution in [0.2, 0.25) is 0 Å². The van der Waals surface area contributed by atoms with E-state index >= 15 is 0 Å². The van der Waals surface area contributed by atoms with Gasteiger partial charge >= 0.3 is 0 Å². The largest absolute Gasteiger partial charge is 0.351 e. The molecule has 1 N–H and O–H groups in total. The smallest absolute Gasteiger partial charge is 0.251 e. The molecule has 0 aromatic carbocycles. The minimum absolute atomic E-state index is 0.0112. The van der Waals surface area contributed by atoms with E-state index in [1.54, 1.807) is 6.08 Å². The summed E-state index contributed by atoms with van der Waals surface area (Å²) in [5, 5.41) is 3.11. The number of fused-ring (bicyclic) bond motifs is 1. The van der Waals surface area contributed by atoms with Crippen LogP contribution in [0.5, 0.6) is 0 Å². The van der Waals surface area contributed by atoms with Crippen LogP contribution in [0.25, 0.3) is 0 Å². The monoisotopic (exact) mass is 424 g/mol. The van der Waals surface area contributed by atoms with Crippen LogP contribution in [0.3, 0.4) is 0 Å². The van der Waals surface area contributed by atoms with Crippen LogP contribution >= 0.6 is 0 Å². The SMILES string of the molecule is C=C1CCC2=CC=C(F)CC2/C1=C/C1=C(C)C(C(=O)NCCN(CC)CC)=C(C)C1C. The molecule has 0 aromatic rings. The van der Waals surface area contributed by atoms with Crippen molar-refractivity contribution in [2.45, 2.75) is 53.9 Å². The van der Waals surface area contributed by atoms with E-state index in [-0.39, 0.29) is 23.6 Å². The predicted octanol–water partition coefficient (Wildman–Crippen LogP) is 5.80. The van der Waals surface area contributed by atoms with Crippen molar-refractivity contribution in [3.63, 3.8) is 0 Å². The quantitative estimate of drug-likeness (QED) is 0.560. The summed E-state index contributed by atoms with van der Waals surface area (Å²) in [5.41, 5.74) is 7.65. The highest BCUT2D eigenvalue weighted by molar-refractivity contribution is 6.00. The molecular formula is C27H37FN2O. The number of halogens is 1. The predicted molar refractivity (Wildman–Crippen MR) is 127 cm³/mol. The summed E-state index contributed by atoms with van der Waals surface area (Å²) in [6, 6.07) is 0. The van der Waals surface area contributed by atoms with Crippen LogP contribution in [-0.4, -0.2) is 37.0 Å². The van der Waals surface area contributed by atoms with Crippen molar-refractivity contribution in [1.29, 1.82) is 0 Å². The summed E-state index contributed by atoms with van der Waals surface area (Å²) >= 11 is 0. The minimum Gasteiger partial charge on any atom is -0.351 e. The standard InChI is InChI=1S/C27H37FN2O/c1-7-30(8-2)14-13-29-27(31)26-19(5)18(4)24(20(26)6)16-23-17(3)9-10-21-11-12-22(28)15-25(21)23/h11-12,16,18,25H,3,7-10,13-15H2,1-2,4-6H3,(H,29,31)/b23-16+. The molecule has 4 heteroatoms. The first-order valence-corrected chi connectivity index (χ1v) is 11.7. The molecule has 0 aliphatic heterocycles. The number of nitrogens with zero attached hydrogens (tertiary/aromatic N) is 1. The molecule has 2 unspecified atom stereocenters. The third-order valence-corrected chi connectivity index (χ3v) is 7.29. The molecule has 0 aromatic heterocycles. The summed E-state index contributed by atoms with van der Waals surface area (Å²) in [4.78, 5) is 15.3. The third-order valence-electron chi connectivity index (χ3n) is 7.29. The molecule has 3 nitrogen and oxygen atoms in total. The molecule has 0 saturated heterocycles. The van der Waals surface area contributed by atoms with Crippen LogP contribution in [0, 0.1) is 11.8 Å². The number of hydrogen-bond acceptors (Lipinski definition) is 2. The fourth-order valence-electron chi connectivity index (χ4n) is 5.08. The Balaban J connectivity index is 1.83. The van der Waals surface area contributed by atoms with Gasteiger partial charge in [0.25, 0.3) is 5.91 Å². The van der Waals surface area contributed by atoms with Crippen molar-refractivity contribution in [3.8, 4) is 0 Å². The first kappa shape index (κ1) is 23.5. The molecule has 0 heterocycles. The Bertz CT molecular complexity index is 912. The molecule has 1 amide bonds. The minimum atomic E-state index is -0.0675. The van der Waals surface area contributed by atoms with Gasteiger partial charge in [0.1, 0.15) is 5.83 Å². The Labute approximate surface area is 187 Å². The van der Waals surface area contributed by atoms with Gasteiger partial charge in [-0.3, -0.25) is 4.79 Å². The summed E-state index contributed by atoms with van der Waals surface area (Å²) < 4.78 is 14.1. The summed E-state index contributed by atoms with van der Waals surface area (Å²) in [5.74, 6) is 0.187. The number of nitrogens with one attached hydrogen (secondary N) is 1. The Morgan fingerprint density at radius 2 is 1.97 bits per heavy atom. The normalized spacial score (nSPS) is 25.3. The second kappa shape index (κ2) is 9.95. The van der Waals surface area contributed by atoms with E-state index in [4.69, 9.17) is 0 Å². The van der Waals surface area contributed by atoms with Crippen LogP contribution in [0.1, 0.15) is 53.9 Å². The second-order valence-electron chi connectivity index (χ2n) is 8.96. The maximum Gasteiger partial charge on any atom is 0.251 e. The van der Waals surface area contributed by atoms with E-state index in [0.717, 1.165) is 60.3 Å². The van der Waals surface area contributed by atoms with E-state index in [0.29, 0.717) is 13.0 Å². The zero-order chi connectivity index (χ0) is 22.7. The Morgan fingerprint density at radius 1 is 1.26 bits per heavy atom. The highest BCUT2D eigenvalue weighted by Crippen LogP contribution is 2.45. The van der Waals surface area contributed by atoms with Crippen LogP contribution in [0.15, 0.2) is 69.6 Å². The topological polar surface area (TPSA) is 32.3 Å². The summed E-state index contributed by atoms with van der Waals surface area (Å²) in [7, 11) is 0. The Morgan fingerprint density at radius 3 is 2.65 bits per heavy atom. The number of likely N-dealkylation sites (N-methyl/N-ethyl adjacent to an activating group) is 1. The molecule has 168 valence electrons. The van der Waals surface area contributed by atoms with Gasteiger partial charge < -0.3 is 10.2 Å². The van der Waals surface area contributed by atoms with E-state index in [9.17, 15) is 9.18 Å². The van der Waals surface area contributed by atoms with Crippen molar-refractivity contribution in [2.24, 2.45) is 11.8 Å². The number of hydrogen-bond donors (Lipinski definition) is 1. The molecule has 2 atom stereocenters. The lowest BCUT2D eigenvalue weighted by Gasteiger charge is -2.32. The molecule has 3 aliphatic carbocycles. The van der Waals surface area contributed by atoms with Gasteiger partial charge in [0, 0.05) is 36.9 Å². The molecular weight excluding hydrogens is 387 g/mol. The van der Waals surface area contributed by atoms with E-state index in [1.165, 1.54) is 11.1 Å².